The van der Waals surface area contributed by atoms with E-state index in [1.807, 2.05) is 6.07 Å². The van der Waals surface area contributed by atoms with Gasteiger partial charge in [-0.25, -0.2) is 4.98 Å². The normalized spacial score (nSPS) is 11.2. The summed E-state index contributed by atoms with van der Waals surface area (Å²) in [5, 5.41) is 6.64. The molecule has 0 atom stereocenters. The highest BCUT2D eigenvalue weighted by molar-refractivity contribution is 5.55. The SMILES string of the molecule is Cc1ccccc1CNc1ccnc(Nc2ccc(C(C)(C)C)cc2)n1. The lowest BCUT2D eigenvalue weighted by Gasteiger charge is -2.19. The molecule has 0 aliphatic rings. The number of nitrogens with one attached hydrogen (secondary N) is 2. The Bertz CT molecular complexity index is 864. The maximum Gasteiger partial charge on any atom is 0.229 e. The fourth-order valence-electron chi connectivity index (χ4n) is 2.69. The summed E-state index contributed by atoms with van der Waals surface area (Å²) in [6, 6.07) is 18.6. The molecule has 0 bridgehead atoms. The Kier molecular flexibility index (Phi) is 5.21. The van der Waals surface area contributed by atoms with Crippen LogP contribution in [0.15, 0.2) is 60.8 Å². The van der Waals surface area contributed by atoms with Gasteiger partial charge < -0.3 is 10.6 Å². The Morgan fingerprint density at radius 2 is 1.65 bits per heavy atom. The summed E-state index contributed by atoms with van der Waals surface area (Å²) < 4.78 is 0. The predicted octanol–water partition coefficient (Wildman–Crippen LogP) is 5.44. The zero-order valence-electron chi connectivity index (χ0n) is 15.9. The average molecular weight is 346 g/mol. The van der Waals surface area contributed by atoms with Gasteiger partial charge in [-0.1, -0.05) is 57.2 Å². The first kappa shape index (κ1) is 17.9. The van der Waals surface area contributed by atoms with Crippen molar-refractivity contribution in [3.05, 3.63) is 77.5 Å². The van der Waals surface area contributed by atoms with E-state index in [1.54, 1.807) is 6.20 Å². The van der Waals surface area contributed by atoms with Gasteiger partial charge in [0.05, 0.1) is 0 Å². The molecule has 0 aliphatic carbocycles. The van der Waals surface area contributed by atoms with E-state index in [-0.39, 0.29) is 5.41 Å². The van der Waals surface area contributed by atoms with Crippen molar-refractivity contribution in [1.82, 2.24) is 9.97 Å². The lowest BCUT2D eigenvalue weighted by Crippen LogP contribution is -2.10. The van der Waals surface area contributed by atoms with Gasteiger partial charge in [-0.2, -0.15) is 4.98 Å². The number of hydrogen-bond donors (Lipinski definition) is 2. The molecule has 3 rings (SSSR count). The number of benzene rings is 2. The first-order valence-corrected chi connectivity index (χ1v) is 8.91. The van der Waals surface area contributed by atoms with Crippen LogP contribution in [0.3, 0.4) is 0 Å². The highest BCUT2D eigenvalue weighted by atomic mass is 15.1. The van der Waals surface area contributed by atoms with E-state index >= 15 is 0 Å². The van der Waals surface area contributed by atoms with Gasteiger partial charge in [0.1, 0.15) is 5.82 Å². The molecule has 0 fully saturated rings. The third kappa shape index (κ3) is 4.60. The van der Waals surface area contributed by atoms with E-state index in [4.69, 9.17) is 0 Å². The summed E-state index contributed by atoms with van der Waals surface area (Å²) >= 11 is 0. The molecule has 4 nitrogen and oxygen atoms in total. The highest BCUT2D eigenvalue weighted by Gasteiger charge is 2.12. The van der Waals surface area contributed by atoms with Gasteiger partial charge in [0, 0.05) is 18.4 Å². The number of anilines is 3. The zero-order chi connectivity index (χ0) is 18.6. The molecular formula is C22H26N4. The molecule has 0 amide bonds. The Morgan fingerprint density at radius 3 is 2.35 bits per heavy atom. The molecule has 0 spiro atoms. The Balaban J connectivity index is 1.66. The number of hydrogen-bond acceptors (Lipinski definition) is 4. The molecule has 1 aromatic heterocycles. The quantitative estimate of drug-likeness (QED) is 0.646. The Labute approximate surface area is 155 Å². The van der Waals surface area contributed by atoms with Gasteiger partial charge in [-0.3, -0.25) is 0 Å². The van der Waals surface area contributed by atoms with Crippen molar-refractivity contribution in [2.24, 2.45) is 0 Å². The number of rotatable bonds is 5. The maximum atomic E-state index is 4.55. The molecule has 0 unspecified atom stereocenters. The number of aryl methyl sites for hydroxylation is 1. The van der Waals surface area contributed by atoms with E-state index < -0.39 is 0 Å². The molecular weight excluding hydrogens is 320 g/mol. The lowest BCUT2D eigenvalue weighted by atomic mass is 9.87. The Morgan fingerprint density at radius 1 is 0.923 bits per heavy atom. The summed E-state index contributed by atoms with van der Waals surface area (Å²) in [7, 11) is 0. The molecule has 0 saturated heterocycles. The van der Waals surface area contributed by atoms with Crippen LogP contribution in [0.1, 0.15) is 37.5 Å². The summed E-state index contributed by atoms with van der Waals surface area (Å²) in [6.07, 6.45) is 1.76. The van der Waals surface area contributed by atoms with Crippen LogP contribution in [0.4, 0.5) is 17.5 Å². The summed E-state index contributed by atoms with van der Waals surface area (Å²) in [6.45, 7) is 9.49. The minimum Gasteiger partial charge on any atom is -0.366 e. The van der Waals surface area contributed by atoms with Crippen molar-refractivity contribution in [3.8, 4) is 0 Å². The van der Waals surface area contributed by atoms with Gasteiger partial charge in [-0.15, -0.1) is 0 Å². The molecule has 2 aromatic carbocycles. The second-order valence-corrected chi connectivity index (χ2v) is 7.50. The standard InChI is InChI=1S/C22H26N4/c1-16-7-5-6-8-17(16)15-24-20-13-14-23-21(26-20)25-19-11-9-18(10-12-19)22(2,3)4/h5-14H,15H2,1-4H3,(H2,23,24,25,26). The van der Waals surface area contributed by atoms with Gasteiger partial charge in [-0.05, 0) is 47.2 Å². The molecule has 0 aliphatic heterocycles. The van der Waals surface area contributed by atoms with Crippen LogP contribution in [0.5, 0.6) is 0 Å². The monoisotopic (exact) mass is 346 g/mol. The van der Waals surface area contributed by atoms with Crippen molar-refractivity contribution >= 4 is 17.5 Å². The van der Waals surface area contributed by atoms with E-state index in [0.717, 1.165) is 18.1 Å². The lowest BCUT2D eigenvalue weighted by molar-refractivity contribution is 0.590. The van der Waals surface area contributed by atoms with Crippen LogP contribution in [0.25, 0.3) is 0 Å². The Hall–Kier alpha value is -2.88. The summed E-state index contributed by atoms with van der Waals surface area (Å²) in [5.74, 6) is 1.39. The molecule has 4 heteroatoms. The van der Waals surface area contributed by atoms with Crippen molar-refractivity contribution in [3.63, 3.8) is 0 Å². The predicted molar refractivity (Wildman–Crippen MR) is 109 cm³/mol. The fourth-order valence-corrected chi connectivity index (χ4v) is 2.69. The molecule has 26 heavy (non-hydrogen) atoms. The van der Waals surface area contributed by atoms with Crippen molar-refractivity contribution < 1.29 is 0 Å². The second kappa shape index (κ2) is 7.56. The van der Waals surface area contributed by atoms with E-state index in [0.29, 0.717) is 5.95 Å². The topological polar surface area (TPSA) is 49.8 Å². The smallest absolute Gasteiger partial charge is 0.229 e. The second-order valence-electron chi connectivity index (χ2n) is 7.50. The van der Waals surface area contributed by atoms with Crippen molar-refractivity contribution in [1.29, 1.82) is 0 Å². The van der Waals surface area contributed by atoms with Crippen molar-refractivity contribution in [2.75, 3.05) is 10.6 Å². The van der Waals surface area contributed by atoms with E-state index in [1.165, 1.54) is 16.7 Å². The molecule has 3 aromatic rings. The average Bonchev–Trinajstić information content (AvgIpc) is 2.61. The molecule has 0 radical (unpaired) electrons. The number of nitrogens with zero attached hydrogens (tertiary/aromatic N) is 2. The van der Waals surface area contributed by atoms with Gasteiger partial charge in [0.15, 0.2) is 0 Å². The first-order chi connectivity index (χ1) is 12.4. The van der Waals surface area contributed by atoms with Crippen LogP contribution in [-0.2, 0) is 12.0 Å². The number of aromatic nitrogens is 2. The van der Waals surface area contributed by atoms with Crippen LogP contribution in [0, 0.1) is 6.92 Å². The summed E-state index contributed by atoms with van der Waals surface area (Å²) in [4.78, 5) is 8.87. The third-order valence-corrected chi connectivity index (χ3v) is 4.38. The van der Waals surface area contributed by atoms with Crippen LogP contribution >= 0.6 is 0 Å². The molecule has 1 heterocycles. The minimum absolute atomic E-state index is 0.147. The van der Waals surface area contributed by atoms with Gasteiger partial charge in [0.25, 0.3) is 0 Å². The van der Waals surface area contributed by atoms with Crippen LogP contribution in [-0.4, -0.2) is 9.97 Å². The third-order valence-electron chi connectivity index (χ3n) is 4.38. The molecule has 2 N–H and O–H groups in total. The maximum absolute atomic E-state index is 4.55. The van der Waals surface area contributed by atoms with E-state index in [2.05, 4.69) is 96.8 Å². The van der Waals surface area contributed by atoms with Crippen LogP contribution < -0.4 is 10.6 Å². The fraction of sp³-hybridized carbons (Fsp3) is 0.273. The van der Waals surface area contributed by atoms with Gasteiger partial charge >= 0.3 is 0 Å². The highest BCUT2D eigenvalue weighted by Crippen LogP contribution is 2.24. The minimum atomic E-state index is 0.147. The summed E-state index contributed by atoms with van der Waals surface area (Å²) in [5.41, 5.74) is 4.96. The van der Waals surface area contributed by atoms with E-state index in [9.17, 15) is 0 Å². The molecule has 0 saturated carbocycles. The van der Waals surface area contributed by atoms with Gasteiger partial charge in [0.2, 0.25) is 5.95 Å². The van der Waals surface area contributed by atoms with Crippen LogP contribution in [0.2, 0.25) is 0 Å². The largest absolute Gasteiger partial charge is 0.366 e. The van der Waals surface area contributed by atoms with Crippen molar-refractivity contribution in [2.45, 2.75) is 39.7 Å². The molecule has 134 valence electrons. The zero-order valence-corrected chi connectivity index (χ0v) is 15.9. The first-order valence-electron chi connectivity index (χ1n) is 8.91.